The van der Waals surface area contributed by atoms with Crippen LogP contribution in [0.3, 0.4) is 0 Å². The second-order valence-corrected chi connectivity index (χ2v) is 5.35. The normalized spacial score (nSPS) is 11.4. The van der Waals surface area contributed by atoms with Gasteiger partial charge in [0.1, 0.15) is 0 Å². The molecule has 1 N–H and O–H groups in total. The zero-order valence-electron chi connectivity index (χ0n) is 11.6. The van der Waals surface area contributed by atoms with E-state index in [2.05, 4.69) is 48.9 Å². The Balaban J connectivity index is 2.16. The van der Waals surface area contributed by atoms with Gasteiger partial charge in [0.25, 0.3) is 0 Å². The molecule has 0 aliphatic carbocycles. The van der Waals surface area contributed by atoms with Crippen molar-refractivity contribution < 1.29 is 0 Å². The summed E-state index contributed by atoms with van der Waals surface area (Å²) < 4.78 is 0. The summed E-state index contributed by atoms with van der Waals surface area (Å²) in [6.45, 7) is 6.65. The minimum absolute atomic E-state index is 0.547. The van der Waals surface area contributed by atoms with E-state index < -0.39 is 0 Å². The van der Waals surface area contributed by atoms with Crippen LogP contribution in [0.2, 0.25) is 0 Å². The molecule has 0 fully saturated rings. The lowest BCUT2D eigenvalue weighted by molar-refractivity contribution is 0.858. The Labute approximate surface area is 113 Å². The summed E-state index contributed by atoms with van der Waals surface area (Å²) in [4.78, 5) is 7.86. The van der Waals surface area contributed by atoms with Crippen LogP contribution in [0.5, 0.6) is 0 Å². The lowest BCUT2D eigenvalue weighted by Crippen LogP contribution is -1.91. The molecule has 0 amide bonds. The van der Waals surface area contributed by atoms with Crippen molar-refractivity contribution in [3.05, 3.63) is 53.7 Å². The maximum absolute atomic E-state index is 4.39. The van der Waals surface area contributed by atoms with Crippen molar-refractivity contribution in [2.45, 2.75) is 26.7 Å². The van der Waals surface area contributed by atoms with Crippen molar-refractivity contribution in [3.63, 3.8) is 0 Å². The molecule has 19 heavy (non-hydrogen) atoms. The number of aryl methyl sites for hydroxylation is 1. The van der Waals surface area contributed by atoms with E-state index in [0.717, 1.165) is 11.4 Å². The topological polar surface area (TPSA) is 28.7 Å². The van der Waals surface area contributed by atoms with Crippen LogP contribution >= 0.6 is 0 Å². The van der Waals surface area contributed by atoms with Gasteiger partial charge in [-0.3, -0.25) is 4.98 Å². The maximum atomic E-state index is 4.39. The van der Waals surface area contributed by atoms with Gasteiger partial charge in [-0.1, -0.05) is 19.9 Å². The van der Waals surface area contributed by atoms with E-state index in [-0.39, 0.29) is 0 Å². The van der Waals surface area contributed by atoms with Crippen molar-refractivity contribution in [1.82, 2.24) is 9.97 Å². The summed E-state index contributed by atoms with van der Waals surface area (Å²) in [5, 5.41) is 1.25. The van der Waals surface area contributed by atoms with Gasteiger partial charge in [-0.2, -0.15) is 0 Å². The van der Waals surface area contributed by atoms with Crippen LogP contribution in [0.1, 0.15) is 30.9 Å². The summed E-state index contributed by atoms with van der Waals surface area (Å²) >= 11 is 0. The minimum Gasteiger partial charge on any atom is -0.353 e. The van der Waals surface area contributed by atoms with Gasteiger partial charge in [0, 0.05) is 17.1 Å². The quantitative estimate of drug-likeness (QED) is 0.704. The summed E-state index contributed by atoms with van der Waals surface area (Å²) in [5.41, 5.74) is 6.02. The van der Waals surface area contributed by atoms with E-state index in [1.54, 1.807) is 0 Å². The minimum atomic E-state index is 0.547. The molecule has 0 spiro atoms. The third kappa shape index (κ3) is 2.14. The van der Waals surface area contributed by atoms with Crippen LogP contribution in [-0.4, -0.2) is 9.97 Å². The van der Waals surface area contributed by atoms with Gasteiger partial charge < -0.3 is 4.98 Å². The van der Waals surface area contributed by atoms with Gasteiger partial charge in [0.05, 0.1) is 11.4 Å². The van der Waals surface area contributed by atoms with E-state index >= 15 is 0 Å². The molecule has 96 valence electrons. The molecular formula is C17H18N2. The van der Waals surface area contributed by atoms with Crippen LogP contribution in [0.15, 0.2) is 42.6 Å². The molecule has 0 aliphatic heterocycles. The fraction of sp³-hybridized carbons (Fsp3) is 0.235. The number of pyridine rings is 1. The van der Waals surface area contributed by atoms with E-state index in [1.807, 2.05) is 24.4 Å². The highest BCUT2D eigenvalue weighted by Crippen LogP contribution is 2.28. The summed E-state index contributed by atoms with van der Waals surface area (Å²) in [6.07, 6.45) is 1.83. The van der Waals surface area contributed by atoms with Crippen LogP contribution in [-0.2, 0) is 0 Å². The molecule has 0 bridgehead atoms. The summed E-state index contributed by atoms with van der Waals surface area (Å²) in [5.74, 6) is 0.547. The predicted octanol–water partition coefficient (Wildman–Crippen LogP) is 4.66. The standard InChI is InChI=1S/C17H18N2/c1-11(2)14-10-16-13(8-12(14)3)9-17(19-16)15-6-4-5-7-18-15/h4-11,19H,1-3H3. The number of fused-ring (bicyclic) bond motifs is 1. The Morgan fingerprint density at radius 2 is 1.95 bits per heavy atom. The molecule has 3 aromatic rings. The van der Waals surface area contributed by atoms with Gasteiger partial charge in [0.15, 0.2) is 0 Å². The first-order valence-electron chi connectivity index (χ1n) is 6.70. The highest BCUT2D eigenvalue weighted by Gasteiger charge is 2.09. The van der Waals surface area contributed by atoms with Crippen molar-refractivity contribution in [3.8, 4) is 11.4 Å². The first-order chi connectivity index (χ1) is 9.15. The first-order valence-corrected chi connectivity index (χ1v) is 6.70. The van der Waals surface area contributed by atoms with Crippen LogP contribution in [0.25, 0.3) is 22.3 Å². The number of benzene rings is 1. The van der Waals surface area contributed by atoms with Gasteiger partial charge in [0.2, 0.25) is 0 Å². The fourth-order valence-electron chi connectivity index (χ4n) is 2.59. The van der Waals surface area contributed by atoms with Gasteiger partial charge in [-0.15, -0.1) is 0 Å². The zero-order valence-corrected chi connectivity index (χ0v) is 11.6. The van der Waals surface area contributed by atoms with Gasteiger partial charge in [-0.05, 0) is 54.3 Å². The predicted molar refractivity (Wildman–Crippen MR) is 80.4 cm³/mol. The molecule has 2 heteroatoms. The number of rotatable bonds is 2. The maximum Gasteiger partial charge on any atom is 0.0864 e. The van der Waals surface area contributed by atoms with E-state index in [1.165, 1.54) is 22.0 Å². The molecule has 1 aromatic carbocycles. The molecule has 0 atom stereocenters. The number of H-pyrrole nitrogens is 1. The molecule has 0 unspecified atom stereocenters. The fourth-order valence-corrected chi connectivity index (χ4v) is 2.59. The third-order valence-electron chi connectivity index (χ3n) is 3.57. The highest BCUT2D eigenvalue weighted by molar-refractivity contribution is 5.86. The molecule has 3 rings (SSSR count). The number of nitrogens with one attached hydrogen (secondary N) is 1. The van der Waals surface area contributed by atoms with E-state index in [9.17, 15) is 0 Å². The molecule has 0 aliphatic rings. The largest absolute Gasteiger partial charge is 0.353 e. The number of aromatic nitrogens is 2. The molecular weight excluding hydrogens is 232 g/mol. The van der Waals surface area contributed by atoms with E-state index in [4.69, 9.17) is 0 Å². The Kier molecular flexibility index (Phi) is 2.86. The Bertz CT molecular complexity index is 709. The monoisotopic (exact) mass is 250 g/mol. The molecule has 0 saturated carbocycles. The zero-order chi connectivity index (χ0) is 13.4. The number of nitrogens with zero attached hydrogens (tertiary/aromatic N) is 1. The van der Waals surface area contributed by atoms with Crippen LogP contribution in [0.4, 0.5) is 0 Å². The molecule has 2 heterocycles. The molecule has 2 nitrogen and oxygen atoms in total. The van der Waals surface area contributed by atoms with Crippen molar-refractivity contribution in [2.75, 3.05) is 0 Å². The third-order valence-corrected chi connectivity index (χ3v) is 3.57. The molecule has 0 saturated heterocycles. The molecule has 2 aromatic heterocycles. The first kappa shape index (κ1) is 12.0. The lowest BCUT2D eigenvalue weighted by Gasteiger charge is -2.09. The lowest BCUT2D eigenvalue weighted by atomic mass is 9.97. The van der Waals surface area contributed by atoms with Crippen molar-refractivity contribution >= 4 is 10.9 Å². The number of hydrogen-bond acceptors (Lipinski definition) is 1. The van der Waals surface area contributed by atoms with Crippen LogP contribution < -0.4 is 0 Å². The van der Waals surface area contributed by atoms with E-state index in [0.29, 0.717) is 5.92 Å². The molecule has 0 radical (unpaired) electrons. The van der Waals surface area contributed by atoms with Crippen molar-refractivity contribution in [1.29, 1.82) is 0 Å². The number of hydrogen-bond donors (Lipinski definition) is 1. The number of aromatic amines is 1. The Morgan fingerprint density at radius 1 is 1.11 bits per heavy atom. The van der Waals surface area contributed by atoms with Gasteiger partial charge in [-0.25, -0.2) is 0 Å². The second kappa shape index (κ2) is 4.54. The van der Waals surface area contributed by atoms with Crippen molar-refractivity contribution in [2.24, 2.45) is 0 Å². The average Bonchev–Trinajstić information content (AvgIpc) is 2.81. The summed E-state index contributed by atoms with van der Waals surface area (Å²) in [6, 6.07) is 12.7. The Hall–Kier alpha value is -2.09. The van der Waals surface area contributed by atoms with Gasteiger partial charge >= 0.3 is 0 Å². The van der Waals surface area contributed by atoms with Crippen LogP contribution in [0, 0.1) is 6.92 Å². The average molecular weight is 250 g/mol. The SMILES string of the molecule is Cc1cc2cc(-c3ccccn3)[nH]c2cc1C(C)C. The Morgan fingerprint density at radius 3 is 2.63 bits per heavy atom. The highest BCUT2D eigenvalue weighted by atomic mass is 14.8. The smallest absolute Gasteiger partial charge is 0.0864 e. The summed E-state index contributed by atoms with van der Waals surface area (Å²) in [7, 11) is 0. The second-order valence-electron chi connectivity index (χ2n) is 5.35.